The molecule has 1 unspecified atom stereocenters. The Kier molecular flexibility index (Phi) is 2.87. The third-order valence-corrected chi connectivity index (χ3v) is 4.45. The molecular formula is C13H21NOS. The summed E-state index contributed by atoms with van der Waals surface area (Å²) in [6.45, 7) is 8.47. The van der Waals surface area contributed by atoms with E-state index in [1.807, 2.05) is 6.92 Å². The highest BCUT2D eigenvalue weighted by Crippen LogP contribution is 2.51. The van der Waals surface area contributed by atoms with Crippen LogP contribution in [-0.2, 0) is 11.8 Å². The largest absolute Gasteiger partial charge is 0.393 e. The van der Waals surface area contributed by atoms with E-state index in [-0.39, 0.29) is 16.9 Å². The summed E-state index contributed by atoms with van der Waals surface area (Å²) in [6, 6.07) is 0. The van der Waals surface area contributed by atoms with Crippen molar-refractivity contribution in [1.82, 2.24) is 4.98 Å². The van der Waals surface area contributed by atoms with Gasteiger partial charge in [0.25, 0.3) is 0 Å². The Morgan fingerprint density at radius 3 is 2.50 bits per heavy atom. The molecule has 0 amide bonds. The molecule has 0 saturated heterocycles. The van der Waals surface area contributed by atoms with Gasteiger partial charge in [0.15, 0.2) is 0 Å². The molecule has 1 aliphatic carbocycles. The summed E-state index contributed by atoms with van der Waals surface area (Å²) >= 11 is 1.74. The lowest BCUT2D eigenvalue weighted by Gasteiger charge is -2.17. The van der Waals surface area contributed by atoms with Gasteiger partial charge in [0.05, 0.1) is 16.8 Å². The summed E-state index contributed by atoms with van der Waals surface area (Å²) < 4.78 is 0. The molecular weight excluding hydrogens is 218 g/mol. The standard InChI is InChI=1S/C13H21NOS/c1-9(15)13(5-6-13)7-11-14-10(8-16-11)12(2,3)4/h8-9,15H,5-7H2,1-4H3. The molecule has 0 radical (unpaired) electrons. The first kappa shape index (κ1) is 12.1. The molecule has 2 nitrogen and oxygen atoms in total. The van der Waals surface area contributed by atoms with Crippen molar-refractivity contribution >= 4 is 11.3 Å². The van der Waals surface area contributed by atoms with Gasteiger partial charge in [0.2, 0.25) is 0 Å². The Balaban J connectivity index is 2.09. The van der Waals surface area contributed by atoms with Crippen LogP contribution in [0.25, 0.3) is 0 Å². The first-order chi connectivity index (χ1) is 7.33. The van der Waals surface area contributed by atoms with Gasteiger partial charge in [0, 0.05) is 22.6 Å². The molecule has 16 heavy (non-hydrogen) atoms. The summed E-state index contributed by atoms with van der Waals surface area (Å²) in [4.78, 5) is 4.70. The maximum Gasteiger partial charge on any atom is 0.0935 e. The summed E-state index contributed by atoms with van der Waals surface area (Å²) in [5, 5.41) is 13.1. The quantitative estimate of drug-likeness (QED) is 0.879. The lowest BCUT2D eigenvalue weighted by molar-refractivity contribution is 0.110. The second-order valence-corrected chi connectivity index (χ2v) is 7.03. The fourth-order valence-corrected chi connectivity index (χ4v) is 3.12. The zero-order valence-corrected chi connectivity index (χ0v) is 11.4. The number of aliphatic hydroxyl groups excluding tert-OH is 1. The zero-order valence-electron chi connectivity index (χ0n) is 10.6. The molecule has 1 saturated carbocycles. The summed E-state index contributed by atoms with van der Waals surface area (Å²) in [7, 11) is 0. The Labute approximate surface area is 102 Å². The minimum Gasteiger partial charge on any atom is -0.393 e. The van der Waals surface area contributed by atoms with Gasteiger partial charge < -0.3 is 5.11 Å². The average molecular weight is 239 g/mol. The maximum atomic E-state index is 9.75. The normalized spacial score (nSPS) is 20.8. The fraction of sp³-hybridized carbons (Fsp3) is 0.769. The SMILES string of the molecule is CC(O)C1(Cc2nc(C(C)(C)C)cs2)CC1. The number of aliphatic hydroxyl groups is 1. The van der Waals surface area contributed by atoms with Crippen molar-refractivity contribution in [3.8, 4) is 0 Å². The van der Waals surface area contributed by atoms with E-state index >= 15 is 0 Å². The van der Waals surface area contributed by atoms with E-state index in [9.17, 15) is 5.11 Å². The molecule has 1 N–H and O–H groups in total. The number of hydrogen-bond acceptors (Lipinski definition) is 3. The van der Waals surface area contributed by atoms with Crippen LogP contribution < -0.4 is 0 Å². The van der Waals surface area contributed by atoms with Crippen molar-refractivity contribution in [2.45, 2.75) is 58.5 Å². The highest BCUT2D eigenvalue weighted by molar-refractivity contribution is 7.09. The van der Waals surface area contributed by atoms with Gasteiger partial charge in [-0.25, -0.2) is 4.98 Å². The molecule has 2 rings (SSSR count). The minimum atomic E-state index is -0.200. The number of rotatable bonds is 3. The van der Waals surface area contributed by atoms with Crippen LogP contribution in [0.3, 0.4) is 0 Å². The van der Waals surface area contributed by atoms with Crippen molar-refractivity contribution in [1.29, 1.82) is 0 Å². The molecule has 1 heterocycles. The third kappa shape index (κ3) is 2.30. The van der Waals surface area contributed by atoms with Crippen LogP contribution in [0.1, 0.15) is 51.2 Å². The van der Waals surface area contributed by atoms with Gasteiger partial charge in [-0.1, -0.05) is 20.8 Å². The van der Waals surface area contributed by atoms with E-state index in [2.05, 4.69) is 26.2 Å². The summed E-state index contributed by atoms with van der Waals surface area (Å²) in [5.74, 6) is 0. The maximum absolute atomic E-state index is 9.75. The molecule has 1 aromatic rings. The molecule has 1 fully saturated rings. The molecule has 3 heteroatoms. The van der Waals surface area contributed by atoms with E-state index in [1.165, 1.54) is 10.7 Å². The first-order valence-corrected chi connectivity index (χ1v) is 6.84. The molecule has 1 aliphatic rings. The Hall–Kier alpha value is -0.410. The topological polar surface area (TPSA) is 33.1 Å². The van der Waals surface area contributed by atoms with Gasteiger partial charge in [-0.15, -0.1) is 11.3 Å². The predicted octanol–water partition coefficient (Wildman–Crippen LogP) is 3.14. The smallest absolute Gasteiger partial charge is 0.0935 e. The lowest BCUT2D eigenvalue weighted by atomic mass is 9.93. The second kappa shape index (κ2) is 3.81. The van der Waals surface area contributed by atoms with E-state index < -0.39 is 0 Å². The van der Waals surface area contributed by atoms with Crippen molar-refractivity contribution < 1.29 is 5.11 Å². The molecule has 0 aromatic carbocycles. The molecule has 90 valence electrons. The Morgan fingerprint density at radius 2 is 2.12 bits per heavy atom. The Morgan fingerprint density at radius 1 is 1.50 bits per heavy atom. The van der Waals surface area contributed by atoms with E-state index in [0.717, 1.165) is 19.3 Å². The van der Waals surface area contributed by atoms with Crippen molar-refractivity contribution in [3.05, 3.63) is 16.1 Å². The van der Waals surface area contributed by atoms with Gasteiger partial charge in [-0.2, -0.15) is 0 Å². The Bertz CT molecular complexity index is 372. The van der Waals surface area contributed by atoms with E-state index in [0.29, 0.717) is 0 Å². The minimum absolute atomic E-state index is 0.135. The molecule has 1 atom stereocenters. The van der Waals surface area contributed by atoms with Crippen LogP contribution >= 0.6 is 11.3 Å². The van der Waals surface area contributed by atoms with Crippen molar-refractivity contribution in [2.75, 3.05) is 0 Å². The van der Waals surface area contributed by atoms with Crippen LogP contribution in [0.2, 0.25) is 0 Å². The van der Waals surface area contributed by atoms with Gasteiger partial charge in [-0.05, 0) is 19.8 Å². The van der Waals surface area contributed by atoms with Gasteiger partial charge in [0.1, 0.15) is 0 Å². The highest BCUT2D eigenvalue weighted by atomic mass is 32.1. The number of nitrogens with zero attached hydrogens (tertiary/aromatic N) is 1. The third-order valence-electron chi connectivity index (χ3n) is 3.60. The van der Waals surface area contributed by atoms with Crippen LogP contribution in [0.5, 0.6) is 0 Å². The molecule has 0 aliphatic heterocycles. The number of hydrogen-bond donors (Lipinski definition) is 1. The molecule has 1 aromatic heterocycles. The monoisotopic (exact) mass is 239 g/mol. The highest BCUT2D eigenvalue weighted by Gasteiger charge is 2.47. The molecule has 0 spiro atoms. The molecule has 0 bridgehead atoms. The van der Waals surface area contributed by atoms with Crippen LogP contribution in [0.4, 0.5) is 0 Å². The zero-order chi connectivity index (χ0) is 12.0. The van der Waals surface area contributed by atoms with Crippen molar-refractivity contribution in [2.24, 2.45) is 5.41 Å². The lowest BCUT2D eigenvalue weighted by Crippen LogP contribution is -2.20. The number of thiazole rings is 1. The van der Waals surface area contributed by atoms with Crippen LogP contribution in [0, 0.1) is 5.41 Å². The fourth-order valence-electron chi connectivity index (χ4n) is 1.94. The average Bonchev–Trinajstić information content (AvgIpc) is 2.74. The van der Waals surface area contributed by atoms with Gasteiger partial charge >= 0.3 is 0 Å². The first-order valence-electron chi connectivity index (χ1n) is 5.96. The summed E-state index contributed by atoms with van der Waals surface area (Å²) in [6.07, 6.45) is 3.05. The number of aromatic nitrogens is 1. The van der Waals surface area contributed by atoms with E-state index in [1.54, 1.807) is 11.3 Å². The van der Waals surface area contributed by atoms with Gasteiger partial charge in [-0.3, -0.25) is 0 Å². The second-order valence-electron chi connectivity index (χ2n) is 6.09. The predicted molar refractivity (Wildman–Crippen MR) is 67.9 cm³/mol. The van der Waals surface area contributed by atoms with Crippen molar-refractivity contribution in [3.63, 3.8) is 0 Å². The summed E-state index contributed by atoms with van der Waals surface area (Å²) in [5.41, 5.74) is 1.46. The van der Waals surface area contributed by atoms with Crippen LogP contribution in [-0.4, -0.2) is 16.2 Å². The van der Waals surface area contributed by atoms with Crippen LogP contribution in [0.15, 0.2) is 5.38 Å². The van der Waals surface area contributed by atoms with E-state index in [4.69, 9.17) is 4.98 Å².